The van der Waals surface area contributed by atoms with Crippen LogP contribution in [-0.4, -0.2) is 14.5 Å². The van der Waals surface area contributed by atoms with Gasteiger partial charge in [0.2, 0.25) is 10.0 Å². The van der Waals surface area contributed by atoms with Gasteiger partial charge in [-0.2, -0.15) is 0 Å². The van der Waals surface area contributed by atoms with Crippen LogP contribution in [0.3, 0.4) is 0 Å². The Balaban J connectivity index is 2.21. The van der Waals surface area contributed by atoms with E-state index in [9.17, 15) is 8.42 Å². The molecule has 1 aliphatic rings. The van der Waals surface area contributed by atoms with Gasteiger partial charge in [-0.15, -0.1) is 0 Å². The largest absolute Gasteiger partial charge is 0.399 e. The smallest absolute Gasteiger partial charge is 0.241 e. The molecule has 2 atom stereocenters. The highest BCUT2D eigenvalue weighted by Gasteiger charge is 2.28. The zero-order chi connectivity index (χ0) is 14.9. The molecule has 0 aliphatic heterocycles. The van der Waals surface area contributed by atoms with Gasteiger partial charge in [-0.25, -0.2) is 13.1 Å². The van der Waals surface area contributed by atoms with Gasteiger partial charge < -0.3 is 5.73 Å². The van der Waals surface area contributed by atoms with E-state index >= 15 is 0 Å². The summed E-state index contributed by atoms with van der Waals surface area (Å²) in [7, 11) is -3.49. The maximum absolute atomic E-state index is 12.5. The molecule has 5 heteroatoms. The molecule has 0 aromatic heterocycles. The molecular weight excluding hydrogens is 272 g/mol. The lowest BCUT2D eigenvalue weighted by Gasteiger charge is -2.31. The number of nitrogen functional groups attached to an aromatic ring is 1. The van der Waals surface area contributed by atoms with E-state index in [1.54, 1.807) is 19.1 Å². The summed E-state index contributed by atoms with van der Waals surface area (Å²) in [5, 5.41) is 0. The molecule has 0 amide bonds. The van der Waals surface area contributed by atoms with Gasteiger partial charge in [-0.1, -0.05) is 19.9 Å². The van der Waals surface area contributed by atoms with Gasteiger partial charge in [0.15, 0.2) is 0 Å². The number of anilines is 1. The Morgan fingerprint density at radius 1 is 1.15 bits per heavy atom. The zero-order valence-corrected chi connectivity index (χ0v) is 13.2. The maximum Gasteiger partial charge on any atom is 0.241 e. The summed E-state index contributed by atoms with van der Waals surface area (Å²) in [4.78, 5) is 0.295. The van der Waals surface area contributed by atoms with Crippen LogP contribution in [0.4, 0.5) is 5.69 Å². The summed E-state index contributed by atoms with van der Waals surface area (Å²) < 4.78 is 27.9. The van der Waals surface area contributed by atoms with E-state index in [1.807, 2.05) is 0 Å². The van der Waals surface area contributed by atoms with Crippen molar-refractivity contribution in [3.63, 3.8) is 0 Å². The molecule has 2 rings (SSSR count). The molecule has 0 heterocycles. The predicted octanol–water partition coefficient (Wildman–Crippen LogP) is 2.68. The van der Waals surface area contributed by atoms with E-state index in [-0.39, 0.29) is 6.04 Å². The molecule has 0 saturated heterocycles. The summed E-state index contributed by atoms with van der Waals surface area (Å²) in [5.74, 6) is 1.13. The highest BCUT2D eigenvalue weighted by atomic mass is 32.2. The minimum Gasteiger partial charge on any atom is -0.399 e. The van der Waals surface area contributed by atoms with Gasteiger partial charge in [0.1, 0.15) is 0 Å². The van der Waals surface area contributed by atoms with Gasteiger partial charge in [-0.3, -0.25) is 0 Å². The van der Waals surface area contributed by atoms with Crippen LogP contribution in [-0.2, 0) is 10.0 Å². The number of hydrogen-bond donors (Lipinski definition) is 2. The molecule has 1 fully saturated rings. The molecule has 0 radical (unpaired) electrons. The normalized spacial score (nSPS) is 27.4. The summed E-state index contributed by atoms with van der Waals surface area (Å²) in [5.41, 5.74) is 6.91. The quantitative estimate of drug-likeness (QED) is 0.842. The Morgan fingerprint density at radius 3 is 2.35 bits per heavy atom. The number of rotatable bonds is 3. The first kappa shape index (κ1) is 15.3. The minimum atomic E-state index is -3.49. The summed E-state index contributed by atoms with van der Waals surface area (Å²) >= 11 is 0. The van der Waals surface area contributed by atoms with Crippen LogP contribution in [0.5, 0.6) is 0 Å². The molecular formula is C15H24N2O2S. The van der Waals surface area contributed by atoms with Crippen molar-refractivity contribution in [1.29, 1.82) is 0 Å². The van der Waals surface area contributed by atoms with E-state index in [0.29, 0.717) is 22.4 Å². The Kier molecular flexibility index (Phi) is 4.39. The number of sulfonamides is 1. The predicted molar refractivity (Wildman–Crippen MR) is 81.9 cm³/mol. The molecule has 3 N–H and O–H groups in total. The number of nitrogens with two attached hydrogens (primary N) is 1. The van der Waals surface area contributed by atoms with E-state index in [0.717, 1.165) is 18.4 Å². The molecule has 0 bridgehead atoms. The second-order valence-corrected chi connectivity index (χ2v) is 7.94. The van der Waals surface area contributed by atoms with Gasteiger partial charge in [0, 0.05) is 11.7 Å². The number of benzene rings is 1. The van der Waals surface area contributed by atoms with Crippen molar-refractivity contribution in [2.75, 3.05) is 5.73 Å². The Hall–Kier alpha value is -1.07. The molecule has 1 aromatic rings. The van der Waals surface area contributed by atoms with Gasteiger partial charge in [0.05, 0.1) is 4.90 Å². The summed E-state index contributed by atoms with van der Waals surface area (Å²) in [6.45, 7) is 6.16. The Bertz CT molecular complexity index is 574. The lowest BCUT2D eigenvalue weighted by Crippen LogP contribution is -2.40. The van der Waals surface area contributed by atoms with E-state index < -0.39 is 10.0 Å². The second-order valence-electron chi connectivity index (χ2n) is 6.26. The fourth-order valence-electron chi connectivity index (χ4n) is 3.23. The van der Waals surface area contributed by atoms with E-state index in [1.165, 1.54) is 12.5 Å². The first-order valence-electron chi connectivity index (χ1n) is 7.16. The first-order valence-corrected chi connectivity index (χ1v) is 8.64. The van der Waals surface area contributed by atoms with Crippen LogP contribution in [0, 0.1) is 18.8 Å². The lowest BCUT2D eigenvalue weighted by atomic mass is 9.81. The average Bonchev–Trinajstić information content (AvgIpc) is 2.30. The average molecular weight is 296 g/mol. The van der Waals surface area contributed by atoms with Crippen molar-refractivity contribution in [1.82, 2.24) is 4.72 Å². The third kappa shape index (κ3) is 3.52. The fourth-order valence-corrected chi connectivity index (χ4v) is 4.77. The summed E-state index contributed by atoms with van der Waals surface area (Å²) in [6, 6.07) is 5.03. The van der Waals surface area contributed by atoms with Gasteiger partial charge in [-0.05, 0) is 55.7 Å². The minimum absolute atomic E-state index is 0.0274. The van der Waals surface area contributed by atoms with Crippen molar-refractivity contribution < 1.29 is 8.42 Å². The lowest BCUT2D eigenvalue weighted by molar-refractivity contribution is 0.257. The SMILES string of the molecule is Cc1ccc(N)cc1S(=O)(=O)NC1CC(C)CC(C)C1. The molecule has 20 heavy (non-hydrogen) atoms. The number of hydrogen-bond acceptors (Lipinski definition) is 3. The van der Waals surface area contributed by atoms with Crippen LogP contribution in [0.1, 0.15) is 38.7 Å². The van der Waals surface area contributed by atoms with Crippen molar-refractivity contribution >= 4 is 15.7 Å². The molecule has 0 spiro atoms. The highest BCUT2D eigenvalue weighted by molar-refractivity contribution is 7.89. The Morgan fingerprint density at radius 2 is 1.75 bits per heavy atom. The van der Waals surface area contributed by atoms with Crippen LogP contribution in [0.25, 0.3) is 0 Å². The standard InChI is InChI=1S/C15H24N2O2S/c1-10-6-11(2)8-14(7-10)17-20(18,19)15-9-13(16)5-4-12(15)3/h4-5,9-11,14,17H,6-8,16H2,1-3H3. The maximum atomic E-state index is 12.5. The molecule has 4 nitrogen and oxygen atoms in total. The first-order chi connectivity index (χ1) is 9.28. The molecule has 1 aromatic carbocycles. The van der Waals surface area contributed by atoms with Gasteiger partial charge in [0.25, 0.3) is 0 Å². The Labute approximate surface area is 121 Å². The van der Waals surface area contributed by atoms with E-state index in [4.69, 9.17) is 5.73 Å². The van der Waals surface area contributed by atoms with Crippen molar-refractivity contribution in [3.8, 4) is 0 Å². The molecule has 1 saturated carbocycles. The van der Waals surface area contributed by atoms with Crippen molar-refractivity contribution in [3.05, 3.63) is 23.8 Å². The fraction of sp³-hybridized carbons (Fsp3) is 0.600. The van der Waals surface area contributed by atoms with E-state index in [2.05, 4.69) is 18.6 Å². The van der Waals surface area contributed by atoms with Crippen LogP contribution in [0.15, 0.2) is 23.1 Å². The van der Waals surface area contributed by atoms with Crippen molar-refractivity contribution in [2.45, 2.75) is 51.0 Å². The second kappa shape index (κ2) is 5.74. The zero-order valence-electron chi connectivity index (χ0n) is 12.4. The molecule has 2 unspecified atom stereocenters. The summed E-state index contributed by atoms with van der Waals surface area (Å²) in [6.07, 6.45) is 2.99. The molecule has 1 aliphatic carbocycles. The van der Waals surface area contributed by atoms with Crippen molar-refractivity contribution in [2.24, 2.45) is 11.8 Å². The monoisotopic (exact) mass is 296 g/mol. The van der Waals surface area contributed by atoms with Gasteiger partial charge >= 0.3 is 0 Å². The third-order valence-electron chi connectivity index (χ3n) is 4.00. The molecule has 112 valence electrons. The van der Waals surface area contributed by atoms with Crippen LogP contribution in [0.2, 0.25) is 0 Å². The van der Waals surface area contributed by atoms with Crippen LogP contribution < -0.4 is 10.5 Å². The number of aryl methyl sites for hydroxylation is 1. The number of nitrogens with one attached hydrogen (secondary N) is 1. The topological polar surface area (TPSA) is 72.2 Å². The third-order valence-corrected chi connectivity index (χ3v) is 5.66. The highest BCUT2D eigenvalue weighted by Crippen LogP contribution is 2.30. The van der Waals surface area contributed by atoms with Crippen LogP contribution >= 0.6 is 0 Å².